The molecule has 0 aliphatic rings. The fraction of sp³-hybridized carbons (Fsp3) is 0.706. The quantitative estimate of drug-likeness (QED) is 0.698. The second kappa shape index (κ2) is 9.06. The number of rotatable bonds is 9. The summed E-state index contributed by atoms with van der Waals surface area (Å²) in [7, 11) is 0. The van der Waals surface area contributed by atoms with Crippen molar-refractivity contribution in [3.63, 3.8) is 0 Å². The maximum Gasteiger partial charge on any atom is 0.141 e. The number of nitrogens with zero attached hydrogens (tertiary/aromatic N) is 1. The van der Waals surface area contributed by atoms with Crippen molar-refractivity contribution < 1.29 is 4.39 Å². The third kappa shape index (κ3) is 6.00. The number of pyridine rings is 1. The molecule has 0 radical (unpaired) electrons. The predicted molar refractivity (Wildman–Crippen MR) is 83.1 cm³/mol. The van der Waals surface area contributed by atoms with Gasteiger partial charge in [-0.05, 0) is 24.5 Å². The molecular weight excluding hydrogens is 251 g/mol. The van der Waals surface area contributed by atoms with E-state index in [0.717, 1.165) is 12.1 Å². The normalized spacial score (nSPS) is 14.5. The summed E-state index contributed by atoms with van der Waals surface area (Å²) in [5.74, 6) is 0.438. The minimum Gasteiger partial charge on any atom is -0.306 e. The van der Waals surface area contributed by atoms with Gasteiger partial charge in [0.1, 0.15) is 5.82 Å². The van der Waals surface area contributed by atoms with Crippen LogP contribution in [0.3, 0.4) is 0 Å². The first-order chi connectivity index (χ1) is 9.56. The Morgan fingerprint density at radius 2 is 2.00 bits per heavy atom. The third-order valence-corrected chi connectivity index (χ3v) is 3.75. The van der Waals surface area contributed by atoms with E-state index in [9.17, 15) is 4.39 Å². The largest absolute Gasteiger partial charge is 0.306 e. The first-order valence-corrected chi connectivity index (χ1v) is 7.94. The molecule has 20 heavy (non-hydrogen) atoms. The van der Waals surface area contributed by atoms with E-state index in [0.29, 0.717) is 12.0 Å². The van der Waals surface area contributed by atoms with Crippen molar-refractivity contribution in [2.45, 2.75) is 71.9 Å². The van der Waals surface area contributed by atoms with E-state index in [1.54, 1.807) is 0 Å². The summed E-state index contributed by atoms with van der Waals surface area (Å²) in [6, 6.07) is 3.93. The zero-order chi connectivity index (χ0) is 15.0. The van der Waals surface area contributed by atoms with Gasteiger partial charge in [-0.25, -0.2) is 4.39 Å². The second-order valence-corrected chi connectivity index (χ2v) is 5.93. The van der Waals surface area contributed by atoms with Crippen LogP contribution in [0.1, 0.15) is 71.5 Å². The van der Waals surface area contributed by atoms with Gasteiger partial charge in [0, 0.05) is 12.1 Å². The van der Waals surface area contributed by atoms with Gasteiger partial charge in [-0.3, -0.25) is 4.98 Å². The van der Waals surface area contributed by atoms with Crippen molar-refractivity contribution in [3.05, 3.63) is 29.8 Å². The Morgan fingerprint density at radius 3 is 2.50 bits per heavy atom. The molecule has 0 saturated carbocycles. The van der Waals surface area contributed by atoms with Crippen molar-refractivity contribution >= 4 is 0 Å². The molecule has 1 aromatic heterocycles. The summed E-state index contributed by atoms with van der Waals surface area (Å²) in [5.41, 5.74) is 0.954. The molecule has 114 valence electrons. The highest BCUT2D eigenvalue weighted by atomic mass is 19.1. The molecular formula is C17H29FN2. The van der Waals surface area contributed by atoms with Crippen molar-refractivity contribution in [2.75, 3.05) is 0 Å². The summed E-state index contributed by atoms with van der Waals surface area (Å²) in [4.78, 5) is 4.26. The number of hydrogen-bond acceptors (Lipinski definition) is 2. The van der Waals surface area contributed by atoms with E-state index in [-0.39, 0.29) is 11.9 Å². The van der Waals surface area contributed by atoms with Crippen molar-refractivity contribution in [2.24, 2.45) is 5.92 Å². The summed E-state index contributed by atoms with van der Waals surface area (Å²) < 4.78 is 13.0. The molecule has 0 fully saturated rings. The van der Waals surface area contributed by atoms with E-state index in [2.05, 4.69) is 38.0 Å². The molecule has 1 rings (SSSR count). The Balaban J connectivity index is 2.74. The van der Waals surface area contributed by atoms with Crippen LogP contribution < -0.4 is 5.32 Å². The van der Waals surface area contributed by atoms with Crippen LogP contribution in [0, 0.1) is 11.7 Å². The zero-order valence-corrected chi connectivity index (χ0v) is 13.3. The van der Waals surface area contributed by atoms with Crippen LogP contribution in [0.5, 0.6) is 0 Å². The van der Waals surface area contributed by atoms with Crippen LogP contribution in [-0.2, 0) is 0 Å². The molecule has 0 aliphatic heterocycles. The Bertz CT molecular complexity index is 362. The Morgan fingerprint density at radius 1 is 1.25 bits per heavy atom. The summed E-state index contributed by atoms with van der Waals surface area (Å²) in [5, 5.41) is 3.57. The molecule has 2 atom stereocenters. The van der Waals surface area contributed by atoms with Crippen LogP contribution in [0.25, 0.3) is 0 Å². The van der Waals surface area contributed by atoms with Gasteiger partial charge in [-0.15, -0.1) is 0 Å². The molecule has 1 aromatic rings. The van der Waals surface area contributed by atoms with E-state index < -0.39 is 0 Å². The Hall–Kier alpha value is -0.960. The average molecular weight is 280 g/mol. The molecule has 0 spiro atoms. The number of hydrogen-bond donors (Lipinski definition) is 1. The lowest BCUT2D eigenvalue weighted by atomic mass is 9.90. The van der Waals surface area contributed by atoms with Gasteiger partial charge in [-0.1, -0.05) is 53.4 Å². The molecule has 0 bridgehead atoms. The lowest BCUT2D eigenvalue weighted by Gasteiger charge is -2.25. The van der Waals surface area contributed by atoms with Gasteiger partial charge < -0.3 is 5.32 Å². The summed E-state index contributed by atoms with van der Waals surface area (Å²) >= 11 is 0. The van der Waals surface area contributed by atoms with Gasteiger partial charge in [0.25, 0.3) is 0 Å². The molecule has 0 amide bonds. The van der Waals surface area contributed by atoms with E-state index >= 15 is 0 Å². The fourth-order valence-corrected chi connectivity index (χ4v) is 2.58. The smallest absolute Gasteiger partial charge is 0.141 e. The fourth-order valence-electron chi connectivity index (χ4n) is 2.58. The standard InChI is InChI=1S/C17H29FN2/c1-5-7-8-14(6-2)11-17(20-13(3)4)16-10-9-15(18)12-19-16/h9-10,12-14,17,20H,5-8,11H2,1-4H3. The molecule has 1 N–H and O–H groups in total. The van der Waals surface area contributed by atoms with Crippen LogP contribution in [-0.4, -0.2) is 11.0 Å². The Kier molecular flexibility index (Phi) is 7.75. The average Bonchev–Trinajstić information content (AvgIpc) is 2.42. The monoisotopic (exact) mass is 280 g/mol. The number of unbranched alkanes of at least 4 members (excludes halogenated alkanes) is 1. The second-order valence-electron chi connectivity index (χ2n) is 5.93. The summed E-state index contributed by atoms with van der Waals surface area (Å²) in [6.07, 6.45) is 7.38. The molecule has 0 aliphatic carbocycles. The van der Waals surface area contributed by atoms with Crippen molar-refractivity contribution in [1.29, 1.82) is 0 Å². The van der Waals surface area contributed by atoms with E-state index in [1.165, 1.54) is 37.9 Å². The maximum absolute atomic E-state index is 13.0. The van der Waals surface area contributed by atoms with Crippen LogP contribution in [0.15, 0.2) is 18.3 Å². The lowest BCUT2D eigenvalue weighted by molar-refractivity contribution is 0.335. The van der Waals surface area contributed by atoms with E-state index in [4.69, 9.17) is 0 Å². The minimum absolute atomic E-state index is 0.220. The highest BCUT2D eigenvalue weighted by Gasteiger charge is 2.18. The molecule has 0 saturated heterocycles. The highest BCUT2D eigenvalue weighted by molar-refractivity contribution is 5.10. The molecule has 2 unspecified atom stereocenters. The van der Waals surface area contributed by atoms with E-state index in [1.807, 2.05) is 6.07 Å². The third-order valence-electron chi connectivity index (χ3n) is 3.75. The van der Waals surface area contributed by atoms with Gasteiger partial charge in [0.05, 0.1) is 11.9 Å². The molecule has 2 nitrogen and oxygen atoms in total. The van der Waals surface area contributed by atoms with Gasteiger partial charge in [0.2, 0.25) is 0 Å². The SMILES string of the molecule is CCCCC(CC)CC(NC(C)C)c1ccc(F)cn1. The number of nitrogens with one attached hydrogen (secondary N) is 1. The zero-order valence-electron chi connectivity index (χ0n) is 13.3. The summed E-state index contributed by atoms with van der Waals surface area (Å²) in [6.45, 7) is 8.77. The maximum atomic E-state index is 13.0. The molecule has 0 aromatic carbocycles. The first-order valence-electron chi connectivity index (χ1n) is 7.94. The first kappa shape index (κ1) is 17.1. The van der Waals surface area contributed by atoms with Gasteiger partial charge in [-0.2, -0.15) is 0 Å². The van der Waals surface area contributed by atoms with Crippen LogP contribution in [0.4, 0.5) is 4.39 Å². The molecule has 1 heterocycles. The van der Waals surface area contributed by atoms with Crippen molar-refractivity contribution in [3.8, 4) is 0 Å². The van der Waals surface area contributed by atoms with Crippen LogP contribution in [0.2, 0.25) is 0 Å². The highest BCUT2D eigenvalue weighted by Crippen LogP contribution is 2.26. The van der Waals surface area contributed by atoms with Gasteiger partial charge in [0.15, 0.2) is 0 Å². The number of halogens is 1. The lowest BCUT2D eigenvalue weighted by Crippen LogP contribution is -2.30. The topological polar surface area (TPSA) is 24.9 Å². The molecule has 3 heteroatoms. The predicted octanol–water partition coefficient (Wildman–Crippen LogP) is 4.87. The minimum atomic E-state index is -0.268. The van der Waals surface area contributed by atoms with Crippen molar-refractivity contribution in [1.82, 2.24) is 10.3 Å². The number of aromatic nitrogens is 1. The Labute approximate surface area is 123 Å². The van der Waals surface area contributed by atoms with Gasteiger partial charge >= 0.3 is 0 Å². The van der Waals surface area contributed by atoms with Crippen LogP contribution >= 0.6 is 0 Å².